The molecule has 0 atom stereocenters. The molecule has 1 heterocycles. The lowest BCUT2D eigenvalue weighted by Crippen LogP contribution is -2.09. The summed E-state index contributed by atoms with van der Waals surface area (Å²) in [6.45, 7) is 0. The summed E-state index contributed by atoms with van der Waals surface area (Å²) in [5.74, 6) is 0.139. The number of hydrogen-bond donors (Lipinski definition) is 2. The molecular formula is C11H8ClF3N4. The predicted octanol–water partition coefficient (Wildman–Crippen LogP) is 3.47. The highest BCUT2D eigenvalue weighted by atomic mass is 35.5. The van der Waals surface area contributed by atoms with Crippen LogP contribution in [0.4, 0.5) is 30.4 Å². The highest BCUT2D eigenvalue weighted by Crippen LogP contribution is 2.29. The fourth-order valence-electron chi connectivity index (χ4n) is 1.33. The van der Waals surface area contributed by atoms with Gasteiger partial charge in [-0.15, -0.1) is 10.2 Å². The van der Waals surface area contributed by atoms with Crippen LogP contribution in [0.2, 0.25) is 5.02 Å². The summed E-state index contributed by atoms with van der Waals surface area (Å²) >= 11 is 5.90. The van der Waals surface area contributed by atoms with Gasteiger partial charge in [-0.3, -0.25) is 0 Å². The maximum atomic E-state index is 12.3. The van der Waals surface area contributed by atoms with Gasteiger partial charge in [0.15, 0.2) is 11.5 Å². The van der Waals surface area contributed by atoms with Crippen molar-refractivity contribution in [1.82, 2.24) is 10.2 Å². The summed E-state index contributed by atoms with van der Waals surface area (Å²) < 4.78 is 36.9. The Kier molecular flexibility index (Phi) is 3.48. The minimum Gasteiger partial charge on any atom is -0.399 e. The molecule has 0 spiro atoms. The van der Waals surface area contributed by atoms with Crippen LogP contribution >= 0.6 is 11.6 Å². The molecule has 19 heavy (non-hydrogen) atoms. The van der Waals surface area contributed by atoms with Crippen molar-refractivity contribution >= 4 is 28.8 Å². The molecule has 0 radical (unpaired) electrons. The Morgan fingerprint density at radius 3 is 2.42 bits per heavy atom. The summed E-state index contributed by atoms with van der Waals surface area (Å²) in [5.41, 5.74) is 5.43. The maximum Gasteiger partial charge on any atom is 0.435 e. The van der Waals surface area contributed by atoms with Crippen molar-refractivity contribution in [2.24, 2.45) is 0 Å². The van der Waals surface area contributed by atoms with E-state index >= 15 is 0 Å². The van der Waals surface area contributed by atoms with Gasteiger partial charge in [0.05, 0.1) is 10.7 Å². The number of aromatic nitrogens is 2. The van der Waals surface area contributed by atoms with Gasteiger partial charge in [0.2, 0.25) is 0 Å². The van der Waals surface area contributed by atoms with E-state index in [9.17, 15) is 13.2 Å². The topological polar surface area (TPSA) is 63.8 Å². The van der Waals surface area contributed by atoms with Gasteiger partial charge in [0, 0.05) is 5.69 Å². The molecule has 0 saturated carbocycles. The van der Waals surface area contributed by atoms with Crippen LogP contribution in [0.1, 0.15) is 5.69 Å². The average Bonchev–Trinajstić information content (AvgIpc) is 2.33. The number of nitrogens with two attached hydrogens (primary N) is 1. The molecule has 0 aliphatic rings. The molecule has 0 unspecified atom stereocenters. The van der Waals surface area contributed by atoms with Crippen molar-refractivity contribution in [2.45, 2.75) is 6.18 Å². The monoisotopic (exact) mass is 288 g/mol. The van der Waals surface area contributed by atoms with Crippen molar-refractivity contribution in [1.29, 1.82) is 0 Å². The summed E-state index contributed by atoms with van der Waals surface area (Å²) in [5, 5.41) is 9.63. The van der Waals surface area contributed by atoms with Crippen LogP contribution in [0, 0.1) is 0 Å². The second-order valence-electron chi connectivity index (χ2n) is 3.67. The van der Waals surface area contributed by atoms with E-state index < -0.39 is 11.9 Å². The third-order valence-corrected chi connectivity index (χ3v) is 2.54. The largest absolute Gasteiger partial charge is 0.435 e. The van der Waals surface area contributed by atoms with E-state index in [0.29, 0.717) is 16.4 Å². The molecule has 8 heteroatoms. The first-order valence-corrected chi connectivity index (χ1v) is 5.47. The lowest BCUT2D eigenvalue weighted by molar-refractivity contribution is -0.141. The minimum absolute atomic E-state index is 0.139. The van der Waals surface area contributed by atoms with Gasteiger partial charge in [-0.1, -0.05) is 11.6 Å². The Labute approximate surface area is 111 Å². The first kappa shape index (κ1) is 13.4. The molecule has 0 fully saturated rings. The molecule has 3 N–H and O–H groups in total. The van der Waals surface area contributed by atoms with E-state index in [1.54, 1.807) is 18.2 Å². The van der Waals surface area contributed by atoms with Crippen LogP contribution in [0.15, 0.2) is 30.3 Å². The third-order valence-electron chi connectivity index (χ3n) is 2.21. The molecule has 0 amide bonds. The van der Waals surface area contributed by atoms with Crippen LogP contribution in [-0.4, -0.2) is 10.2 Å². The van der Waals surface area contributed by atoms with Crippen LogP contribution in [0.5, 0.6) is 0 Å². The zero-order valence-electron chi connectivity index (χ0n) is 9.37. The van der Waals surface area contributed by atoms with Gasteiger partial charge >= 0.3 is 6.18 Å². The molecule has 2 aromatic rings. The summed E-state index contributed by atoms with van der Waals surface area (Å²) in [6.07, 6.45) is -4.51. The number of hydrogen-bond acceptors (Lipinski definition) is 4. The van der Waals surface area contributed by atoms with Crippen molar-refractivity contribution in [3.8, 4) is 0 Å². The first-order valence-electron chi connectivity index (χ1n) is 5.09. The minimum atomic E-state index is -4.51. The van der Waals surface area contributed by atoms with Crippen molar-refractivity contribution in [3.63, 3.8) is 0 Å². The van der Waals surface area contributed by atoms with E-state index in [1.165, 1.54) is 0 Å². The Balaban J connectivity index is 2.22. The molecule has 0 saturated heterocycles. The highest BCUT2D eigenvalue weighted by Gasteiger charge is 2.32. The molecular weight excluding hydrogens is 281 g/mol. The van der Waals surface area contributed by atoms with Crippen LogP contribution in [0.25, 0.3) is 0 Å². The normalized spacial score (nSPS) is 11.4. The Morgan fingerprint density at radius 2 is 1.84 bits per heavy atom. The number of halogens is 4. The lowest BCUT2D eigenvalue weighted by atomic mass is 10.3. The quantitative estimate of drug-likeness (QED) is 0.831. The number of nitrogens with one attached hydrogen (secondary N) is 1. The van der Waals surface area contributed by atoms with Gasteiger partial charge < -0.3 is 11.1 Å². The van der Waals surface area contributed by atoms with E-state index in [1.807, 2.05) is 0 Å². The van der Waals surface area contributed by atoms with Crippen molar-refractivity contribution < 1.29 is 13.2 Å². The Morgan fingerprint density at radius 1 is 1.11 bits per heavy atom. The molecule has 4 nitrogen and oxygen atoms in total. The van der Waals surface area contributed by atoms with E-state index in [2.05, 4.69) is 15.5 Å². The number of rotatable bonds is 2. The fraction of sp³-hybridized carbons (Fsp3) is 0.0909. The molecule has 100 valence electrons. The average molecular weight is 289 g/mol. The van der Waals surface area contributed by atoms with Gasteiger partial charge in [0.1, 0.15) is 0 Å². The number of benzene rings is 1. The molecule has 2 rings (SSSR count). The first-order chi connectivity index (χ1) is 8.86. The van der Waals surface area contributed by atoms with Gasteiger partial charge in [-0.2, -0.15) is 13.2 Å². The Hall–Kier alpha value is -2.02. The zero-order chi connectivity index (χ0) is 14.0. The van der Waals surface area contributed by atoms with E-state index in [-0.39, 0.29) is 5.82 Å². The molecule has 0 bridgehead atoms. The van der Waals surface area contributed by atoms with Crippen molar-refractivity contribution in [2.75, 3.05) is 11.1 Å². The van der Waals surface area contributed by atoms with E-state index in [0.717, 1.165) is 12.1 Å². The summed E-state index contributed by atoms with van der Waals surface area (Å²) in [6, 6.07) is 6.70. The molecule has 1 aromatic heterocycles. The lowest BCUT2D eigenvalue weighted by Gasteiger charge is -2.09. The third kappa shape index (κ3) is 3.25. The second-order valence-corrected chi connectivity index (χ2v) is 4.07. The van der Waals surface area contributed by atoms with Crippen LogP contribution in [0.3, 0.4) is 0 Å². The number of nitrogen functional groups attached to an aromatic ring is 1. The van der Waals surface area contributed by atoms with Crippen LogP contribution < -0.4 is 11.1 Å². The Bertz CT molecular complexity index is 583. The molecule has 1 aromatic carbocycles. The zero-order valence-corrected chi connectivity index (χ0v) is 10.1. The molecule has 0 aliphatic heterocycles. The highest BCUT2D eigenvalue weighted by molar-refractivity contribution is 6.33. The number of nitrogens with zero attached hydrogens (tertiary/aromatic N) is 2. The van der Waals surface area contributed by atoms with E-state index in [4.69, 9.17) is 17.3 Å². The smallest absolute Gasteiger partial charge is 0.399 e. The summed E-state index contributed by atoms with van der Waals surface area (Å²) in [7, 11) is 0. The molecule has 0 aliphatic carbocycles. The summed E-state index contributed by atoms with van der Waals surface area (Å²) in [4.78, 5) is 0. The van der Waals surface area contributed by atoms with Crippen LogP contribution in [-0.2, 0) is 6.18 Å². The predicted molar refractivity (Wildman–Crippen MR) is 66.2 cm³/mol. The van der Waals surface area contributed by atoms with Crippen molar-refractivity contribution in [3.05, 3.63) is 41.0 Å². The van der Waals surface area contributed by atoms with Gasteiger partial charge in [-0.25, -0.2) is 0 Å². The number of anilines is 3. The number of alkyl halides is 3. The fourth-order valence-corrected chi connectivity index (χ4v) is 1.49. The standard InChI is InChI=1S/C11H8ClF3N4/c12-7-2-1-6(16)5-8(7)17-10-4-3-9(18-19-10)11(13,14)15/h1-5H,16H2,(H,17,19). The second kappa shape index (κ2) is 4.93. The maximum absolute atomic E-state index is 12.3. The SMILES string of the molecule is Nc1ccc(Cl)c(Nc2ccc(C(F)(F)F)nn2)c1. The van der Waals surface area contributed by atoms with Gasteiger partial charge in [0.25, 0.3) is 0 Å². The van der Waals surface area contributed by atoms with Gasteiger partial charge in [-0.05, 0) is 30.3 Å².